The first-order chi connectivity index (χ1) is 14.4. The van der Waals surface area contributed by atoms with Gasteiger partial charge in [0.15, 0.2) is 21.3 Å². The third-order valence-electron chi connectivity index (χ3n) is 6.15. The Morgan fingerprint density at radius 2 is 1.61 bits per heavy atom. The first kappa shape index (κ1) is 23.5. The number of phenolic OH excluding ortho intramolecular Hbond substituents is 1. The zero-order valence-corrected chi connectivity index (χ0v) is 20.5. The minimum Gasteiger partial charge on any atom is -0.508 e. The van der Waals surface area contributed by atoms with Gasteiger partial charge in [-0.25, -0.2) is 8.42 Å². The van der Waals surface area contributed by atoms with E-state index in [-0.39, 0.29) is 34.1 Å². The predicted octanol–water partition coefficient (Wildman–Crippen LogP) is 6.07. The molecule has 0 bridgehead atoms. The summed E-state index contributed by atoms with van der Waals surface area (Å²) in [4.78, 5) is 0.163. The Morgan fingerprint density at radius 1 is 1.00 bits per heavy atom. The number of para-hydroxylation sites is 1. The molecule has 0 amide bonds. The number of methoxy groups -OCH3 is 1. The van der Waals surface area contributed by atoms with Crippen molar-refractivity contribution < 1.29 is 23.0 Å². The van der Waals surface area contributed by atoms with Crippen LogP contribution in [0.25, 0.3) is 0 Å². The number of phenols is 1. The molecule has 0 unspecified atom stereocenters. The Kier molecular flexibility index (Phi) is 6.34. The second-order valence-corrected chi connectivity index (χ2v) is 11.5. The largest absolute Gasteiger partial charge is 0.508 e. The van der Waals surface area contributed by atoms with Crippen molar-refractivity contribution in [3.8, 4) is 17.2 Å². The van der Waals surface area contributed by atoms with Crippen molar-refractivity contribution in [1.29, 1.82) is 0 Å². The van der Waals surface area contributed by atoms with Crippen molar-refractivity contribution in [2.24, 2.45) is 0 Å². The van der Waals surface area contributed by atoms with Crippen molar-refractivity contribution in [3.63, 3.8) is 0 Å². The highest BCUT2D eigenvalue weighted by Crippen LogP contribution is 2.50. The van der Waals surface area contributed by atoms with Crippen LogP contribution in [0.4, 0.5) is 0 Å². The monoisotopic (exact) mass is 446 g/mol. The summed E-state index contributed by atoms with van der Waals surface area (Å²) in [5.74, 6) is 1.16. The van der Waals surface area contributed by atoms with Crippen molar-refractivity contribution in [2.75, 3.05) is 7.11 Å². The van der Waals surface area contributed by atoms with Gasteiger partial charge in [0.2, 0.25) is 0 Å². The van der Waals surface area contributed by atoms with Crippen LogP contribution in [0.5, 0.6) is 17.2 Å². The smallest absolute Gasteiger partial charge is 0.188 e. The van der Waals surface area contributed by atoms with Crippen LogP contribution in [0.1, 0.15) is 94.6 Å². The van der Waals surface area contributed by atoms with Gasteiger partial charge >= 0.3 is 0 Å². The molecule has 0 fully saturated rings. The van der Waals surface area contributed by atoms with E-state index in [4.69, 9.17) is 9.47 Å². The van der Waals surface area contributed by atoms with E-state index in [1.165, 1.54) is 7.11 Å². The highest BCUT2D eigenvalue weighted by molar-refractivity contribution is 7.92. The van der Waals surface area contributed by atoms with E-state index in [1.54, 1.807) is 31.2 Å². The second-order valence-electron chi connectivity index (χ2n) is 9.27. The molecule has 2 aromatic carbocycles. The van der Waals surface area contributed by atoms with Gasteiger partial charge in [0.05, 0.1) is 7.11 Å². The summed E-state index contributed by atoms with van der Waals surface area (Å²) in [5.41, 5.74) is 3.62. The number of benzene rings is 2. The summed E-state index contributed by atoms with van der Waals surface area (Å²) < 4.78 is 38.9. The van der Waals surface area contributed by atoms with Crippen molar-refractivity contribution >= 4 is 9.84 Å². The van der Waals surface area contributed by atoms with E-state index in [1.807, 2.05) is 27.7 Å². The lowest BCUT2D eigenvalue weighted by molar-refractivity contribution is 0.177. The third kappa shape index (κ3) is 3.79. The van der Waals surface area contributed by atoms with Crippen LogP contribution in [0.15, 0.2) is 29.2 Å². The Morgan fingerprint density at radius 3 is 2.13 bits per heavy atom. The van der Waals surface area contributed by atoms with Gasteiger partial charge in [-0.2, -0.15) is 0 Å². The zero-order valence-electron chi connectivity index (χ0n) is 19.7. The summed E-state index contributed by atoms with van der Waals surface area (Å²) in [6, 6.07) is 6.75. The van der Waals surface area contributed by atoms with Crippen molar-refractivity contribution in [3.05, 3.63) is 46.5 Å². The molecule has 0 saturated carbocycles. The van der Waals surface area contributed by atoms with Gasteiger partial charge in [-0.1, -0.05) is 47.6 Å². The van der Waals surface area contributed by atoms with Gasteiger partial charge in [0.25, 0.3) is 0 Å². The zero-order chi connectivity index (χ0) is 23.2. The molecule has 5 nitrogen and oxygen atoms in total. The van der Waals surface area contributed by atoms with Gasteiger partial charge in [-0.05, 0) is 54.0 Å². The summed E-state index contributed by atoms with van der Waals surface area (Å²) >= 11 is 0. The molecule has 2 atom stereocenters. The molecule has 0 saturated heterocycles. The summed E-state index contributed by atoms with van der Waals surface area (Å²) in [6.45, 7) is 14.0. The number of ether oxygens (including phenoxy) is 2. The average molecular weight is 447 g/mol. The Hall–Kier alpha value is -2.21. The normalized spacial score (nSPS) is 20.1. The number of hydrogen-bond donors (Lipinski definition) is 1. The quantitative estimate of drug-likeness (QED) is 0.604. The fraction of sp³-hybridized carbons (Fsp3) is 0.520. The summed E-state index contributed by atoms with van der Waals surface area (Å²) in [5, 5.41) is 10.1. The molecule has 0 aromatic heterocycles. The topological polar surface area (TPSA) is 72.8 Å². The van der Waals surface area contributed by atoms with Crippen LogP contribution in [0, 0.1) is 0 Å². The average Bonchev–Trinajstić information content (AvgIpc) is 2.69. The van der Waals surface area contributed by atoms with Crippen LogP contribution >= 0.6 is 0 Å². The number of sulfone groups is 1. The number of fused-ring (bicyclic) bond motifs is 1. The Balaban J connectivity index is 2.40. The number of aromatic hydroxyl groups is 1. The fourth-order valence-corrected chi connectivity index (χ4v) is 6.23. The van der Waals surface area contributed by atoms with Crippen LogP contribution in [-0.2, 0) is 9.84 Å². The van der Waals surface area contributed by atoms with Gasteiger partial charge in [0.1, 0.15) is 22.0 Å². The molecule has 1 aliphatic rings. The van der Waals surface area contributed by atoms with Gasteiger partial charge in [-0.15, -0.1) is 0 Å². The van der Waals surface area contributed by atoms with E-state index >= 15 is 0 Å². The maximum Gasteiger partial charge on any atom is 0.188 e. The third-order valence-corrected chi connectivity index (χ3v) is 8.31. The lowest BCUT2D eigenvalue weighted by atomic mass is 9.79. The first-order valence-corrected chi connectivity index (χ1v) is 12.4. The maximum absolute atomic E-state index is 13.5. The number of hydrogen-bond acceptors (Lipinski definition) is 5. The highest BCUT2D eigenvalue weighted by Gasteiger charge is 2.44. The standard InChI is InChI=1S/C25H34O5S/c1-13(2)17-12-18(26)21(14(3)4)22(15(5)6)23(17)24-16(7)31(27,28)20-11-9-10-19(29-8)25(20)30-24/h9-16,24,26H,1-8H3/t16-,24+/m0/s1. The predicted molar refractivity (Wildman–Crippen MR) is 123 cm³/mol. The molecular formula is C25H34O5S. The molecule has 1 heterocycles. The molecule has 0 spiro atoms. The van der Waals surface area contributed by atoms with Crippen LogP contribution in [0.2, 0.25) is 0 Å². The van der Waals surface area contributed by atoms with Crippen LogP contribution < -0.4 is 9.47 Å². The molecule has 2 aromatic rings. The summed E-state index contributed by atoms with van der Waals surface area (Å²) in [7, 11) is -2.14. The second kappa shape index (κ2) is 8.38. The van der Waals surface area contributed by atoms with E-state index in [2.05, 4.69) is 13.8 Å². The molecule has 1 N–H and O–H groups in total. The lowest BCUT2D eigenvalue weighted by Gasteiger charge is -2.37. The first-order valence-electron chi connectivity index (χ1n) is 10.9. The molecule has 6 heteroatoms. The minimum atomic E-state index is -3.65. The molecule has 0 radical (unpaired) electrons. The summed E-state index contributed by atoms with van der Waals surface area (Å²) in [6.07, 6.45) is -0.707. The van der Waals surface area contributed by atoms with Gasteiger partial charge in [-0.3, -0.25) is 0 Å². The molecule has 31 heavy (non-hydrogen) atoms. The molecule has 170 valence electrons. The van der Waals surface area contributed by atoms with Crippen LogP contribution in [-0.4, -0.2) is 25.9 Å². The van der Waals surface area contributed by atoms with E-state index in [0.29, 0.717) is 5.75 Å². The molecule has 3 rings (SSSR count). The van der Waals surface area contributed by atoms with Gasteiger partial charge < -0.3 is 14.6 Å². The molecular weight excluding hydrogens is 412 g/mol. The SMILES string of the molecule is COc1cccc2c1O[C@@H](c1c(C(C)C)cc(O)c(C(C)C)c1C(C)C)[C@H](C)S2(=O)=O. The Bertz CT molecular complexity index is 1080. The van der Waals surface area contributed by atoms with Crippen molar-refractivity contribution in [2.45, 2.75) is 82.5 Å². The fourth-order valence-electron chi connectivity index (χ4n) is 4.64. The van der Waals surface area contributed by atoms with Crippen LogP contribution in [0.3, 0.4) is 0 Å². The van der Waals surface area contributed by atoms with Crippen molar-refractivity contribution in [1.82, 2.24) is 0 Å². The lowest BCUT2D eigenvalue weighted by Crippen LogP contribution is -2.36. The number of rotatable bonds is 5. The molecule has 0 aliphatic carbocycles. The molecule has 1 aliphatic heterocycles. The highest BCUT2D eigenvalue weighted by atomic mass is 32.2. The Labute approximate surface area is 186 Å². The maximum atomic E-state index is 13.5. The van der Waals surface area contributed by atoms with Gasteiger partial charge in [0, 0.05) is 11.1 Å². The van der Waals surface area contributed by atoms with E-state index in [0.717, 1.165) is 22.3 Å². The van der Waals surface area contributed by atoms with E-state index in [9.17, 15) is 13.5 Å². The van der Waals surface area contributed by atoms with E-state index < -0.39 is 21.2 Å². The minimum absolute atomic E-state index is 0.0783.